The van der Waals surface area contributed by atoms with Crippen molar-refractivity contribution >= 4 is 34.3 Å². The number of rotatable bonds is 7. The zero-order chi connectivity index (χ0) is 21.2. The fourth-order valence-corrected chi connectivity index (χ4v) is 3.51. The first kappa shape index (κ1) is 19.7. The molecule has 0 aliphatic carbocycles. The Bertz CT molecular complexity index is 1200. The van der Waals surface area contributed by atoms with Crippen LogP contribution in [-0.4, -0.2) is 34.2 Å². The summed E-state index contributed by atoms with van der Waals surface area (Å²) in [6.45, 7) is 4.17. The summed E-state index contributed by atoms with van der Waals surface area (Å²) in [7, 11) is 0. The van der Waals surface area contributed by atoms with Crippen molar-refractivity contribution in [1.82, 2.24) is 15.0 Å². The molecule has 158 valence electrons. The molecule has 0 atom stereocenters. The molecule has 5 rings (SSSR count). The highest BCUT2D eigenvalue weighted by molar-refractivity contribution is 6.30. The minimum Gasteiger partial charge on any atom is -0.439 e. The molecule has 0 bridgehead atoms. The van der Waals surface area contributed by atoms with Gasteiger partial charge >= 0.3 is 0 Å². The summed E-state index contributed by atoms with van der Waals surface area (Å²) in [5.74, 6) is 2.01. The molecule has 0 radical (unpaired) electrons. The van der Waals surface area contributed by atoms with Gasteiger partial charge in [-0.3, -0.25) is 0 Å². The van der Waals surface area contributed by atoms with Crippen LogP contribution >= 0.6 is 11.6 Å². The molecule has 3 N–H and O–H groups in total. The highest BCUT2D eigenvalue weighted by Gasteiger charge is 2.17. The molecule has 7 nitrogen and oxygen atoms in total. The normalized spacial score (nSPS) is 13.7. The maximum Gasteiger partial charge on any atom is 0.219 e. The van der Waals surface area contributed by atoms with Crippen LogP contribution in [0.4, 0.5) is 11.6 Å². The Balaban J connectivity index is 1.23. The van der Waals surface area contributed by atoms with Crippen molar-refractivity contribution in [3.63, 3.8) is 0 Å². The second kappa shape index (κ2) is 8.45. The average molecular weight is 436 g/mol. The van der Waals surface area contributed by atoms with E-state index < -0.39 is 0 Å². The number of imidazole rings is 1. The van der Waals surface area contributed by atoms with Crippen LogP contribution < -0.4 is 15.4 Å². The Labute approximate surface area is 184 Å². The number of fused-ring (bicyclic) bond motifs is 1. The lowest BCUT2D eigenvalue weighted by Crippen LogP contribution is -2.40. The fraction of sp³-hybridized carbons (Fsp3) is 0.217. The van der Waals surface area contributed by atoms with Crippen LogP contribution in [0.5, 0.6) is 11.6 Å². The van der Waals surface area contributed by atoms with Gasteiger partial charge in [0, 0.05) is 24.5 Å². The van der Waals surface area contributed by atoms with E-state index in [0.717, 1.165) is 52.8 Å². The van der Waals surface area contributed by atoms with Gasteiger partial charge < -0.3 is 25.1 Å². The number of halogens is 1. The number of H-pyrrole nitrogens is 1. The van der Waals surface area contributed by atoms with Gasteiger partial charge in [-0.05, 0) is 48.4 Å². The summed E-state index contributed by atoms with van der Waals surface area (Å²) in [6.07, 6.45) is 1.57. The van der Waals surface area contributed by atoms with Crippen molar-refractivity contribution in [2.75, 3.05) is 23.8 Å². The van der Waals surface area contributed by atoms with Gasteiger partial charge in [0.15, 0.2) is 0 Å². The van der Waals surface area contributed by atoms with Crippen LogP contribution in [0.3, 0.4) is 0 Å². The van der Waals surface area contributed by atoms with Gasteiger partial charge in [0.2, 0.25) is 11.8 Å². The summed E-state index contributed by atoms with van der Waals surface area (Å²) in [5.41, 5.74) is 5.13. The van der Waals surface area contributed by atoms with Crippen molar-refractivity contribution in [1.29, 1.82) is 0 Å². The van der Waals surface area contributed by atoms with Crippen molar-refractivity contribution in [2.45, 2.75) is 19.5 Å². The van der Waals surface area contributed by atoms with Gasteiger partial charge in [-0.15, -0.1) is 0 Å². The van der Waals surface area contributed by atoms with Gasteiger partial charge in [-0.1, -0.05) is 23.7 Å². The molecule has 4 aromatic rings. The minimum atomic E-state index is 0.392. The Morgan fingerprint density at radius 1 is 1.16 bits per heavy atom. The quantitative estimate of drug-likeness (QED) is 0.373. The summed E-state index contributed by atoms with van der Waals surface area (Å²) < 4.78 is 11.1. The number of nitrogens with zero attached hydrogens (tertiary/aromatic N) is 2. The summed E-state index contributed by atoms with van der Waals surface area (Å²) >= 11 is 5.87. The monoisotopic (exact) mass is 435 g/mol. The molecule has 8 heteroatoms. The van der Waals surface area contributed by atoms with Crippen molar-refractivity contribution in [3.05, 3.63) is 70.9 Å². The number of aromatic nitrogens is 3. The predicted octanol–water partition coefficient (Wildman–Crippen LogP) is 5.13. The molecule has 2 aromatic heterocycles. The van der Waals surface area contributed by atoms with Crippen molar-refractivity contribution in [2.24, 2.45) is 0 Å². The number of anilines is 2. The number of nitrogens with one attached hydrogen (secondary N) is 3. The summed E-state index contributed by atoms with van der Waals surface area (Å²) in [6, 6.07) is 16.1. The van der Waals surface area contributed by atoms with Crippen LogP contribution in [0.2, 0.25) is 5.02 Å². The number of hydrogen-bond donors (Lipinski definition) is 3. The van der Waals surface area contributed by atoms with E-state index >= 15 is 0 Å². The predicted molar refractivity (Wildman–Crippen MR) is 122 cm³/mol. The number of hydrogen-bond acceptors (Lipinski definition) is 6. The molecule has 1 fully saturated rings. The first-order chi connectivity index (χ1) is 15.1. The van der Waals surface area contributed by atoms with E-state index in [1.807, 2.05) is 31.2 Å². The smallest absolute Gasteiger partial charge is 0.219 e. The van der Waals surface area contributed by atoms with E-state index in [4.69, 9.17) is 21.1 Å². The van der Waals surface area contributed by atoms with Gasteiger partial charge in [-0.25, -0.2) is 9.97 Å². The molecule has 3 heterocycles. The lowest BCUT2D eigenvalue weighted by Gasteiger charge is -2.27. The van der Waals surface area contributed by atoms with Crippen LogP contribution in [0.1, 0.15) is 11.1 Å². The maximum atomic E-state index is 5.87. The molecule has 31 heavy (non-hydrogen) atoms. The Kier molecular flexibility index (Phi) is 5.36. The molecule has 0 amide bonds. The third-order valence-corrected chi connectivity index (χ3v) is 5.33. The SMILES string of the molecule is Cc1cc(CNc2nc3ccc(NC4COC4)cc3[nH]2)ccc1Oc1ccc(Cl)cn1. The molecule has 0 spiro atoms. The summed E-state index contributed by atoms with van der Waals surface area (Å²) in [5, 5.41) is 7.39. The van der Waals surface area contributed by atoms with E-state index in [1.165, 1.54) is 0 Å². The van der Waals surface area contributed by atoms with Crippen LogP contribution in [0, 0.1) is 6.92 Å². The lowest BCUT2D eigenvalue weighted by molar-refractivity contribution is 0.0211. The van der Waals surface area contributed by atoms with Crippen LogP contribution in [0.15, 0.2) is 54.7 Å². The number of benzene rings is 2. The fourth-order valence-electron chi connectivity index (χ4n) is 3.39. The third kappa shape index (κ3) is 4.57. The van der Waals surface area contributed by atoms with E-state index in [2.05, 4.69) is 37.7 Å². The molecule has 1 aliphatic heterocycles. The molecular formula is C23H22ClN5O2. The Hall–Kier alpha value is -3.29. The number of pyridine rings is 1. The Morgan fingerprint density at radius 2 is 2.06 bits per heavy atom. The minimum absolute atomic E-state index is 0.392. The largest absolute Gasteiger partial charge is 0.439 e. The molecule has 0 saturated carbocycles. The first-order valence-corrected chi connectivity index (χ1v) is 10.5. The maximum absolute atomic E-state index is 5.87. The second-order valence-electron chi connectivity index (χ2n) is 7.57. The van der Waals surface area contributed by atoms with Crippen LogP contribution in [-0.2, 0) is 11.3 Å². The number of aryl methyl sites for hydroxylation is 1. The van der Waals surface area contributed by atoms with E-state index in [9.17, 15) is 0 Å². The number of aromatic amines is 1. The topological polar surface area (TPSA) is 84.1 Å². The van der Waals surface area contributed by atoms with Crippen molar-refractivity contribution < 1.29 is 9.47 Å². The highest BCUT2D eigenvalue weighted by Crippen LogP contribution is 2.26. The van der Waals surface area contributed by atoms with E-state index in [-0.39, 0.29) is 0 Å². The molecule has 0 unspecified atom stereocenters. The second-order valence-corrected chi connectivity index (χ2v) is 8.00. The number of ether oxygens (including phenoxy) is 2. The third-order valence-electron chi connectivity index (χ3n) is 5.10. The Morgan fingerprint density at radius 3 is 2.81 bits per heavy atom. The van der Waals surface area contributed by atoms with E-state index in [0.29, 0.717) is 23.5 Å². The highest BCUT2D eigenvalue weighted by atomic mass is 35.5. The van der Waals surface area contributed by atoms with Crippen LogP contribution in [0.25, 0.3) is 11.0 Å². The molecule has 1 aliphatic rings. The zero-order valence-electron chi connectivity index (χ0n) is 17.0. The molecular weight excluding hydrogens is 414 g/mol. The molecule has 2 aromatic carbocycles. The average Bonchev–Trinajstić information content (AvgIpc) is 3.15. The van der Waals surface area contributed by atoms with Gasteiger partial charge in [0.05, 0.1) is 35.3 Å². The lowest BCUT2D eigenvalue weighted by atomic mass is 10.1. The first-order valence-electron chi connectivity index (χ1n) is 10.1. The van der Waals surface area contributed by atoms with Gasteiger partial charge in [-0.2, -0.15) is 0 Å². The standard InChI is InChI=1S/C23H22ClN5O2/c1-14-8-15(2-6-21(14)31-22-7-3-16(24)11-25-22)10-26-23-28-19-5-4-17(9-20(19)29-23)27-18-12-30-13-18/h2-9,11,18,27H,10,12-13H2,1H3,(H2,26,28,29). The van der Waals surface area contributed by atoms with Gasteiger partial charge in [0.1, 0.15) is 5.75 Å². The zero-order valence-corrected chi connectivity index (χ0v) is 17.7. The molecule has 1 saturated heterocycles. The van der Waals surface area contributed by atoms with Crippen molar-refractivity contribution in [3.8, 4) is 11.6 Å². The van der Waals surface area contributed by atoms with Gasteiger partial charge in [0.25, 0.3) is 0 Å². The van der Waals surface area contributed by atoms with E-state index in [1.54, 1.807) is 18.3 Å². The summed E-state index contributed by atoms with van der Waals surface area (Å²) in [4.78, 5) is 12.1.